The Morgan fingerprint density at radius 2 is 1.52 bits per heavy atom. The molecule has 1 N–H and O–H groups in total. The molecule has 0 fully saturated rings. The Morgan fingerprint density at radius 1 is 0.871 bits per heavy atom. The summed E-state index contributed by atoms with van der Waals surface area (Å²) in [5, 5.41) is 0.633. The van der Waals surface area contributed by atoms with Crippen LogP contribution >= 0.6 is 0 Å². The number of hydrogen-bond acceptors (Lipinski definition) is 2. The van der Waals surface area contributed by atoms with Crippen LogP contribution in [0, 0.1) is 0 Å². The van der Waals surface area contributed by atoms with E-state index in [1.807, 2.05) is 66.7 Å². The van der Waals surface area contributed by atoms with E-state index in [9.17, 15) is 4.79 Å². The number of aromatic amines is 1. The average Bonchev–Trinajstić information content (AvgIpc) is 2.84. The zero-order chi connectivity index (χ0) is 21.8. The number of ether oxygens (including phenoxy) is 1. The Morgan fingerprint density at radius 3 is 2.13 bits per heavy atom. The highest BCUT2D eigenvalue weighted by atomic mass is 16.5. The van der Waals surface area contributed by atoms with E-state index in [1.165, 1.54) is 5.57 Å². The van der Waals surface area contributed by atoms with E-state index in [1.54, 1.807) is 7.11 Å². The average molecular weight is 410 g/mol. The normalized spacial score (nSPS) is 10.8. The summed E-state index contributed by atoms with van der Waals surface area (Å²) in [7, 11) is 1.62. The zero-order valence-electron chi connectivity index (χ0n) is 18.2. The number of H-pyrrole nitrogens is 1. The van der Waals surface area contributed by atoms with Gasteiger partial charge in [0.25, 0.3) is 0 Å². The van der Waals surface area contributed by atoms with Gasteiger partial charge in [-0.05, 0) is 47.7 Å². The molecule has 0 spiro atoms. The number of allylic oxidation sites excluding steroid dienone is 1. The smallest absolute Gasteiger partial charge is 0.197 e. The van der Waals surface area contributed by atoms with Gasteiger partial charge in [0.1, 0.15) is 5.75 Å². The highest BCUT2D eigenvalue weighted by Gasteiger charge is 2.21. The van der Waals surface area contributed by atoms with Crippen molar-refractivity contribution in [2.75, 3.05) is 7.11 Å². The largest absolute Gasteiger partial charge is 0.497 e. The maximum atomic E-state index is 14.0. The predicted octanol–water partition coefficient (Wildman–Crippen LogP) is 6.83. The first-order valence-electron chi connectivity index (χ1n) is 10.7. The lowest BCUT2D eigenvalue weighted by Crippen LogP contribution is -2.14. The first kappa shape index (κ1) is 20.7. The number of pyridine rings is 1. The first-order chi connectivity index (χ1) is 15.2. The maximum absolute atomic E-state index is 14.0. The van der Waals surface area contributed by atoms with E-state index in [-0.39, 0.29) is 5.43 Å². The molecule has 0 aliphatic rings. The number of benzene rings is 3. The van der Waals surface area contributed by atoms with Crippen molar-refractivity contribution in [3.63, 3.8) is 0 Å². The molecule has 1 aromatic heterocycles. The second kappa shape index (κ2) is 9.05. The van der Waals surface area contributed by atoms with Crippen molar-refractivity contribution in [1.29, 1.82) is 0 Å². The number of rotatable bonds is 6. The van der Waals surface area contributed by atoms with Gasteiger partial charge in [-0.3, -0.25) is 4.79 Å². The van der Waals surface area contributed by atoms with Crippen LogP contribution in [0.3, 0.4) is 0 Å². The van der Waals surface area contributed by atoms with Crippen LogP contribution in [0.5, 0.6) is 5.75 Å². The highest BCUT2D eigenvalue weighted by molar-refractivity contribution is 5.94. The summed E-state index contributed by atoms with van der Waals surface area (Å²) in [5.41, 5.74) is 6.73. The lowest BCUT2D eigenvalue weighted by molar-refractivity contribution is 0.415. The minimum Gasteiger partial charge on any atom is -0.497 e. The van der Waals surface area contributed by atoms with Crippen LogP contribution in [-0.2, 0) is 0 Å². The molecule has 0 saturated carbocycles. The third kappa shape index (κ3) is 3.91. The zero-order valence-corrected chi connectivity index (χ0v) is 18.2. The van der Waals surface area contributed by atoms with Crippen LogP contribution in [0.1, 0.15) is 37.8 Å². The van der Waals surface area contributed by atoms with Gasteiger partial charge >= 0.3 is 0 Å². The molecule has 3 aromatic carbocycles. The third-order valence-electron chi connectivity index (χ3n) is 5.79. The molecule has 0 unspecified atom stereocenters. The third-order valence-corrected chi connectivity index (χ3v) is 5.79. The molecule has 3 heteroatoms. The van der Waals surface area contributed by atoms with Gasteiger partial charge in [0, 0.05) is 5.39 Å². The van der Waals surface area contributed by atoms with E-state index in [0.717, 1.165) is 46.3 Å². The second-order valence-corrected chi connectivity index (χ2v) is 7.53. The van der Waals surface area contributed by atoms with Crippen LogP contribution < -0.4 is 10.2 Å². The summed E-state index contributed by atoms with van der Waals surface area (Å²) in [4.78, 5) is 17.6. The molecule has 0 saturated heterocycles. The van der Waals surface area contributed by atoms with E-state index >= 15 is 0 Å². The van der Waals surface area contributed by atoms with Gasteiger partial charge in [-0.2, -0.15) is 0 Å². The van der Waals surface area contributed by atoms with Crippen LogP contribution in [0.15, 0.2) is 89.2 Å². The molecule has 0 radical (unpaired) electrons. The number of fused-ring (bicyclic) bond motifs is 1. The van der Waals surface area contributed by atoms with Gasteiger partial charge in [-0.15, -0.1) is 0 Å². The minimum atomic E-state index is 0.0183. The minimum absolute atomic E-state index is 0.0183. The van der Waals surface area contributed by atoms with Gasteiger partial charge in [-0.1, -0.05) is 80.1 Å². The Balaban J connectivity index is 2.17. The molecule has 0 aliphatic heterocycles. The van der Waals surface area contributed by atoms with Crippen molar-refractivity contribution in [2.45, 2.75) is 26.7 Å². The maximum Gasteiger partial charge on any atom is 0.197 e. The Bertz CT molecular complexity index is 1280. The molecule has 4 aromatic rings. The second-order valence-electron chi connectivity index (χ2n) is 7.53. The molecule has 0 bridgehead atoms. The number of methoxy groups -OCH3 is 1. The number of aromatic nitrogens is 1. The fourth-order valence-electron chi connectivity index (χ4n) is 4.19. The molecule has 0 atom stereocenters. The van der Waals surface area contributed by atoms with Crippen LogP contribution in [0.25, 0.3) is 27.7 Å². The summed E-state index contributed by atoms with van der Waals surface area (Å²) in [5.74, 6) is 0.674. The van der Waals surface area contributed by atoms with Crippen molar-refractivity contribution in [3.8, 4) is 17.0 Å². The topological polar surface area (TPSA) is 42.1 Å². The Hall–Kier alpha value is -3.59. The molecule has 0 amide bonds. The lowest BCUT2D eigenvalue weighted by Gasteiger charge is -2.19. The van der Waals surface area contributed by atoms with E-state index in [2.05, 4.69) is 31.0 Å². The molecule has 1 heterocycles. The number of nitrogens with one attached hydrogen (secondary N) is 1. The molecule has 31 heavy (non-hydrogen) atoms. The van der Waals surface area contributed by atoms with Crippen molar-refractivity contribution >= 4 is 16.5 Å². The molecule has 0 aliphatic carbocycles. The highest BCUT2D eigenvalue weighted by Crippen LogP contribution is 2.35. The Labute approximate surface area is 183 Å². The van der Waals surface area contributed by atoms with Crippen molar-refractivity contribution in [1.82, 2.24) is 4.98 Å². The summed E-state index contributed by atoms with van der Waals surface area (Å²) in [6, 6.07) is 25.9. The lowest BCUT2D eigenvalue weighted by atomic mass is 9.87. The van der Waals surface area contributed by atoms with Crippen LogP contribution in [0.4, 0.5) is 0 Å². The van der Waals surface area contributed by atoms with E-state index in [0.29, 0.717) is 11.1 Å². The molecule has 3 nitrogen and oxygen atoms in total. The first-order valence-corrected chi connectivity index (χ1v) is 10.7. The SMILES string of the molecule is CCC(CC)=C(c1ccccc1)c1c(-c2ccccc2)[nH]c2ccc(OC)cc2c1=O. The van der Waals surface area contributed by atoms with Gasteiger partial charge in [0.2, 0.25) is 0 Å². The van der Waals surface area contributed by atoms with Gasteiger partial charge in [0.15, 0.2) is 5.43 Å². The molecule has 156 valence electrons. The summed E-state index contributed by atoms with van der Waals surface area (Å²) in [6.07, 6.45) is 1.76. The number of hydrogen-bond donors (Lipinski definition) is 1. The van der Waals surface area contributed by atoms with Crippen molar-refractivity contribution in [2.24, 2.45) is 0 Å². The van der Waals surface area contributed by atoms with Gasteiger partial charge < -0.3 is 9.72 Å². The quantitative estimate of drug-likeness (QED) is 0.379. The van der Waals surface area contributed by atoms with E-state index < -0.39 is 0 Å². The van der Waals surface area contributed by atoms with Crippen LogP contribution in [0.2, 0.25) is 0 Å². The summed E-state index contributed by atoms with van der Waals surface area (Å²) in [6.45, 7) is 4.31. The van der Waals surface area contributed by atoms with Crippen molar-refractivity contribution in [3.05, 3.63) is 106 Å². The van der Waals surface area contributed by atoms with E-state index in [4.69, 9.17) is 4.74 Å². The molecular formula is C28H27NO2. The Kier molecular flexibility index (Phi) is 6.03. The van der Waals surface area contributed by atoms with Gasteiger partial charge in [-0.25, -0.2) is 0 Å². The molecule has 4 rings (SSSR count). The monoisotopic (exact) mass is 409 g/mol. The summed E-state index contributed by atoms with van der Waals surface area (Å²) < 4.78 is 5.40. The standard InChI is InChI=1S/C28H27NO2/c1-4-19(5-2)25(20-12-8-6-9-13-20)26-27(21-14-10-7-11-15-21)29-24-17-16-22(31-3)18-23(24)28(26)30/h6-18H,4-5H2,1-3H3,(H,29,30). The predicted molar refractivity (Wildman–Crippen MR) is 130 cm³/mol. The summed E-state index contributed by atoms with van der Waals surface area (Å²) >= 11 is 0. The van der Waals surface area contributed by atoms with Crippen LogP contribution in [-0.4, -0.2) is 12.1 Å². The fourth-order valence-corrected chi connectivity index (χ4v) is 4.19. The van der Waals surface area contributed by atoms with Crippen molar-refractivity contribution < 1.29 is 4.74 Å². The fraction of sp³-hybridized carbons (Fsp3) is 0.179. The molecular weight excluding hydrogens is 382 g/mol. The van der Waals surface area contributed by atoms with Gasteiger partial charge in [0.05, 0.1) is 23.9 Å².